The van der Waals surface area contributed by atoms with E-state index in [0.717, 1.165) is 77.0 Å². The topological polar surface area (TPSA) is 61.5 Å². The van der Waals surface area contributed by atoms with Crippen molar-refractivity contribution >= 4 is 29.6 Å². The number of benzene rings is 2. The monoisotopic (exact) mass is 540 g/mol. The molecule has 0 unspecified atom stereocenters. The molecule has 0 saturated carbocycles. The van der Waals surface area contributed by atoms with Gasteiger partial charge in [0, 0.05) is 43.2 Å². The zero-order valence-electron chi connectivity index (χ0n) is 24.5. The molecule has 210 valence electrons. The van der Waals surface area contributed by atoms with Gasteiger partial charge in [0.05, 0.1) is 19.2 Å². The largest absolute Gasteiger partial charge is 0.490 e. The number of allylic oxidation sites excluding steroid dienone is 2. The predicted octanol–water partition coefficient (Wildman–Crippen LogP) is 7.48. The molecule has 0 fully saturated rings. The lowest BCUT2D eigenvalue weighted by molar-refractivity contribution is -0.442. The molecule has 2 aromatic rings. The van der Waals surface area contributed by atoms with Crippen LogP contribution in [0.5, 0.6) is 11.5 Å². The molecule has 2 aromatic carbocycles. The number of hydrazone groups is 1. The molecule has 7 nitrogen and oxygen atoms in total. The first-order valence-corrected chi connectivity index (χ1v) is 14.2. The summed E-state index contributed by atoms with van der Waals surface area (Å²) < 4.78 is 14.6. The van der Waals surface area contributed by atoms with Gasteiger partial charge in [-0.2, -0.15) is 9.68 Å². The lowest BCUT2D eigenvalue weighted by Crippen LogP contribution is -2.19. The minimum atomic E-state index is 0.676. The molecule has 2 heterocycles. The van der Waals surface area contributed by atoms with Gasteiger partial charge in [0.1, 0.15) is 30.1 Å². The lowest BCUT2D eigenvalue weighted by atomic mass is 10.0. The van der Waals surface area contributed by atoms with Crippen molar-refractivity contribution in [2.75, 3.05) is 25.5 Å². The number of unbranched alkanes of at least 4 members (excludes halogenated alkanes) is 1. The summed E-state index contributed by atoms with van der Waals surface area (Å²) in [4.78, 5) is 4.90. The maximum Gasteiger partial charge on any atom is 0.248 e. The van der Waals surface area contributed by atoms with Crippen molar-refractivity contribution in [1.82, 2.24) is 5.01 Å². The van der Waals surface area contributed by atoms with Gasteiger partial charge in [-0.25, -0.2) is 4.99 Å². The molecule has 0 saturated heterocycles. The van der Waals surface area contributed by atoms with Crippen LogP contribution in [0.15, 0.2) is 76.8 Å². The van der Waals surface area contributed by atoms with Gasteiger partial charge in [-0.15, -0.1) is 0 Å². The van der Waals surface area contributed by atoms with Gasteiger partial charge in [0.2, 0.25) is 11.4 Å². The summed E-state index contributed by atoms with van der Waals surface area (Å²) in [5, 5.41) is 9.72. The first-order valence-electron chi connectivity index (χ1n) is 14.2. The van der Waals surface area contributed by atoms with E-state index >= 15 is 0 Å². The maximum absolute atomic E-state index is 6.19. The van der Waals surface area contributed by atoms with Crippen LogP contribution >= 0.6 is 0 Å². The van der Waals surface area contributed by atoms with E-state index in [1.165, 1.54) is 12.8 Å². The third-order valence-corrected chi connectivity index (χ3v) is 6.88. The smallest absolute Gasteiger partial charge is 0.248 e. The van der Waals surface area contributed by atoms with Crippen LogP contribution in [0.2, 0.25) is 0 Å². The van der Waals surface area contributed by atoms with Crippen LogP contribution in [-0.4, -0.2) is 48.0 Å². The van der Waals surface area contributed by atoms with Gasteiger partial charge < -0.3 is 14.8 Å². The first kappa shape index (κ1) is 28.9. The van der Waals surface area contributed by atoms with Gasteiger partial charge in [-0.1, -0.05) is 25.5 Å². The summed E-state index contributed by atoms with van der Waals surface area (Å²) in [6, 6.07) is 10.4. The Balaban J connectivity index is 1.64. The highest BCUT2D eigenvalue weighted by Gasteiger charge is 2.25. The Labute approximate surface area is 238 Å². The van der Waals surface area contributed by atoms with E-state index < -0.39 is 0 Å². The number of ether oxygens (including phenoxy) is 2. The van der Waals surface area contributed by atoms with Crippen molar-refractivity contribution in [3.63, 3.8) is 0 Å². The second kappa shape index (κ2) is 14.3. The molecule has 0 radical (unpaired) electrons. The molecule has 1 N–H and O–H groups in total. The summed E-state index contributed by atoms with van der Waals surface area (Å²) in [6.07, 6.45) is 19.5. The highest BCUT2D eigenvalue weighted by Crippen LogP contribution is 2.35. The number of amidine groups is 1. The number of anilines is 1. The fourth-order valence-electron chi connectivity index (χ4n) is 4.80. The van der Waals surface area contributed by atoms with Gasteiger partial charge in [0.25, 0.3) is 0 Å². The molecule has 7 heteroatoms. The van der Waals surface area contributed by atoms with Gasteiger partial charge in [-0.05, 0) is 75.1 Å². The summed E-state index contributed by atoms with van der Waals surface area (Å²) >= 11 is 0. The summed E-state index contributed by atoms with van der Waals surface area (Å²) in [5.41, 5.74) is 5.10. The van der Waals surface area contributed by atoms with Crippen LogP contribution in [0.25, 0.3) is 0 Å². The fourth-order valence-corrected chi connectivity index (χ4v) is 4.80. The van der Waals surface area contributed by atoms with Crippen LogP contribution in [0.4, 0.5) is 11.4 Å². The molecule has 4 rings (SSSR count). The molecule has 0 bridgehead atoms. The van der Waals surface area contributed by atoms with Crippen molar-refractivity contribution in [3.8, 4) is 11.5 Å². The molecule has 0 amide bonds. The minimum Gasteiger partial charge on any atom is -0.490 e. The van der Waals surface area contributed by atoms with Gasteiger partial charge in [0.15, 0.2) is 0 Å². The molecule has 40 heavy (non-hydrogen) atoms. The summed E-state index contributed by atoms with van der Waals surface area (Å²) in [6.45, 7) is 9.90. The van der Waals surface area contributed by atoms with Crippen molar-refractivity contribution in [2.45, 2.75) is 59.8 Å². The number of aryl methyl sites for hydroxylation is 2. The first-order chi connectivity index (χ1) is 19.5. The van der Waals surface area contributed by atoms with E-state index in [1.54, 1.807) is 13.3 Å². The number of nitrogens with one attached hydrogen (secondary N) is 1. The Morgan fingerprint density at radius 1 is 1.15 bits per heavy atom. The summed E-state index contributed by atoms with van der Waals surface area (Å²) in [7, 11) is 1.74. The van der Waals surface area contributed by atoms with Crippen molar-refractivity contribution < 1.29 is 14.0 Å². The Hall–Kier alpha value is -4.13. The highest BCUT2D eigenvalue weighted by atomic mass is 16.5. The maximum atomic E-state index is 6.19. The van der Waals surface area contributed by atoms with E-state index in [0.29, 0.717) is 6.54 Å². The molecule has 0 aromatic heterocycles. The number of hydrogen-bond acceptors (Lipinski definition) is 5. The second-order valence-corrected chi connectivity index (χ2v) is 9.96. The Kier molecular flexibility index (Phi) is 10.3. The SMILES string of the molecule is C/C=N\N1C=CC(Oc2ccc(NC(=N/C=C/CCC)c3c(C)ccc([N+]4=CCCCC4)c3OC)cc2C)=CC1. The third-order valence-electron chi connectivity index (χ3n) is 6.88. The fraction of sp³-hybridized carbons (Fsp3) is 0.364. The second-order valence-electron chi connectivity index (χ2n) is 9.96. The standard InChI is InChI=1S/C33H42N5O2/c1-6-8-10-19-34-33(31-25(3)13-15-29(32(31)39-5)37-20-11-9-12-21-37)36-27-14-16-30(26(4)24-27)40-28-17-22-38(23-18-28)35-7-2/h7,10,13-20,22,24H,6,8-9,11-12,21,23H2,1-5H3,(H,34,36)/q+1/b19-10+,35-7-. The minimum absolute atomic E-state index is 0.676. The normalized spacial score (nSPS) is 15.9. The summed E-state index contributed by atoms with van der Waals surface area (Å²) in [5.74, 6) is 3.21. The van der Waals surface area contributed by atoms with Crippen molar-refractivity contribution in [1.29, 1.82) is 0 Å². The third kappa shape index (κ3) is 7.29. The number of aliphatic imine (C=N–C) groups is 1. The van der Waals surface area contributed by atoms with Crippen LogP contribution in [0.1, 0.15) is 62.6 Å². The lowest BCUT2D eigenvalue weighted by Gasteiger charge is -2.19. The average Bonchev–Trinajstić information content (AvgIpc) is 2.97. The highest BCUT2D eigenvalue weighted by molar-refractivity contribution is 6.12. The van der Waals surface area contributed by atoms with Gasteiger partial charge in [-0.3, -0.25) is 5.01 Å². The Morgan fingerprint density at radius 3 is 2.70 bits per heavy atom. The van der Waals surface area contributed by atoms with Crippen LogP contribution in [-0.2, 0) is 0 Å². The van der Waals surface area contributed by atoms with E-state index in [4.69, 9.17) is 14.5 Å². The quantitative estimate of drug-likeness (QED) is 0.193. The zero-order valence-corrected chi connectivity index (χ0v) is 24.5. The van der Waals surface area contributed by atoms with Crippen LogP contribution < -0.4 is 14.8 Å². The molecule has 2 aliphatic heterocycles. The number of nitrogens with zero attached hydrogens (tertiary/aromatic N) is 4. The number of rotatable bonds is 10. The van der Waals surface area contributed by atoms with E-state index in [9.17, 15) is 0 Å². The number of hydrogen-bond donors (Lipinski definition) is 1. The predicted molar refractivity (Wildman–Crippen MR) is 167 cm³/mol. The molecular weight excluding hydrogens is 498 g/mol. The molecule has 2 aliphatic rings. The van der Waals surface area contributed by atoms with Crippen LogP contribution in [0.3, 0.4) is 0 Å². The molecule has 0 spiro atoms. The Morgan fingerprint density at radius 2 is 2.02 bits per heavy atom. The average molecular weight is 541 g/mol. The van der Waals surface area contributed by atoms with E-state index in [2.05, 4.69) is 66.3 Å². The van der Waals surface area contributed by atoms with Crippen molar-refractivity contribution in [2.24, 2.45) is 10.1 Å². The van der Waals surface area contributed by atoms with Crippen LogP contribution in [0, 0.1) is 13.8 Å². The Bertz CT molecular complexity index is 1370. The molecule has 0 atom stereocenters. The van der Waals surface area contributed by atoms with E-state index in [1.807, 2.05) is 48.6 Å². The molecular formula is C33H42N5O2+. The number of methoxy groups -OCH3 is 1. The van der Waals surface area contributed by atoms with Gasteiger partial charge >= 0.3 is 0 Å². The zero-order chi connectivity index (χ0) is 28.3. The molecule has 0 aliphatic carbocycles. The van der Waals surface area contributed by atoms with Crippen molar-refractivity contribution in [3.05, 3.63) is 83.4 Å². The van der Waals surface area contributed by atoms with E-state index in [-0.39, 0.29) is 0 Å².